The van der Waals surface area contributed by atoms with Crippen molar-refractivity contribution >= 4 is 23.5 Å². The van der Waals surface area contributed by atoms with E-state index in [4.69, 9.17) is 0 Å². The third kappa shape index (κ3) is 3.66. The van der Waals surface area contributed by atoms with E-state index in [0.29, 0.717) is 13.1 Å². The van der Waals surface area contributed by atoms with E-state index in [9.17, 15) is 22.8 Å². The first-order valence-electron chi connectivity index (χ1n) is 8.44. The predicted octanol–water partition coefficient (Wildman–Crippen LogP) is 3.12. The van der Waals surface area contributed by atoms with E-state index in [0.717, 1.165) is 48.9 Å². The summed E-state index contributed by atoms with van der Waals surface area (Å²) in [6.45, 7) is 2.47. The highest BCUT2D eigenvalue weighted by Gasteiger charge is 2.37. The van der Waals surface area contributed by atoms with Gasteiger partial charge in [0.1, 0.15) is 11.6 Å². The van der Waals surface area contributed by atoms with E-state index in [-0.39, 0.29) is 17.2 Å². The second kappa shape index (κ2) is 6.97. The summed E-state index contributed by atoms with van der Waals surface area (Å²) in [5.41, 5.74) is 1.95. The second-order valence-corrected chi connectivity index (χ2v) is 6.38. The van der Waals surface area contributed by atoms with Gasteiger partial charge in [0.05, 0.1) is 5.56 Å². The monoisotopic (exact) mass is 368 g/mol. The van der Waals surface area contributed by atoms with E-state index in [1.54, 1.807) is 4.90 Å². The van der Waals surface area contributed by atoms with Crippen molar-refractivity contribution in [3.8, 4) is 0 Å². The zero-order valence-electron chi connectivity index (χ0n) is 14.3. The lowest BCUT2D eigenvalue weighted by molar-refractivity contribution is -0.138. The smallest absolute Gasteiger partial charge is 0.356 e. The van der Waals surface area contributed by atoms with Crippen LogP contribution in [0.15, 0.2) is 23.8 Å². The van der Waals surface area contributed by atoms with Crippen LogP contribution in [-0.4, -0.2) is 34.9 Å². The Morgan fingerprint density at radius 1 is 1.08 bits per heavy atom. The molecule has 1 aromatic rings. The number of carbonyl (C=O) groups excluding carboxylic acids is 2. The fourth-order valence-electron chi connectivity index (χ4n) is 3.06. The zero-order valence-corrected chi connectivity index (χ0v) is 14.3. The Morgan fingerprint density at radius 3 is 2.27 bits per heavy atom. The molecular weight excluding hydrogens is 349 g/mol. The lowest BCUT2D eigenvalue weighted by atomic mass is 10.2. The Bertz CT molecular complexity index is 753. The van der Waals surface area contributed by atoms with Gasteiger partial charge in [0, 0.05) is 24.7 Å². The van der Waals surface area contributed by atoms with Crippen LogP contribution in [0.4, 0.5) is 24.8 Å². The predicted molar refractivity (Wildman–Crippen MR) is 89.2 cm³/mol. The molecule has 9 heteroatoms. The molecule has 1 fully saturated rings. The maximum Gasteiger partial charge on any atom is 0.419 e. The number of alkyl halides is 3. The number of hydrogen-bond acceptors (Lipinski definition) is 5. The molecule has 0 aliphatic carbocycles. The van der Waals surface area contributed by atoms with Crippen LogP contribution in [0.2, 0.25) is 0 Å². The van der Waals surface area contributed by atoms with Gasteiger partial charge in [0.25, 0.3) is 11.8 Å². The number of anilines is 2. The zero-order chi connectivity index (χ0) is 18.9. The normalized spacial score (nSPS) is 18.8. The van der Waals surface area contributed by atoms with Gasteiger partial charge in [-0.1, -0.05) is 12.8 Å². The third-order valence-electron chi connectivity index (χ3n) is 4.41. The molecule has 2 aliphatic heterocycles. The lowest BCUT2D eigenvalue weighted by Crippen LogP contribution is -2.37. The first-order valence-corrected chi connectivity index (χ1v) is 8.44. The van der Waals surface area contributed by atoms with E-state index in [2.05, 4.69) is 10.4 Å². The maximum absolute atomic E-state index is 13.4. The molecule has 1 saturated heterocycles. The van der Waals surface area contributed by atoms with Gasteiger partial charge >= 0.3 is 6.18 Å². The summed E-state index contributed by atoms with van der Waals surface area (Å²) in [7, 11) is 0. The number of nitrogens with zero attached hydrogens (tertiary/aromatic N) is 3. The molecule has 3 rings (SSSR count). The Morgan fingerprint density at radius 2 is 1.73 bits per heavy atom. The summed E-state index contributed by atoms with van der Waals surface area (Å²) in [5, 5.41) is 0.747. The molecule has 1 N–H and O–H groups in total. The van der Waals surface area contributed by atoms with E-state index >= 15 is 0 Å². The topological polar surface area (TPSA) is 65.5 Å². The van der Waals surface area contributed by atoms with Gasteiger partial charge in [0.15, 0.2) is 0 Å². The molecule has 0 unspecified atom stereocenters. The summed E-state index contributed by atoms with van der Waals surface area (Å²) in [4.78, 5) is 29.5. The maximum atomic E-state index is 13.4. The average Bonchev–Trinajstić information content (AvgIpc) is 2.79. The number of imide groups is 1. The van der Waals surface area contributed by atoms with Crippen LogP contribution in [0, 0.1) is 0 Å². The molecule has 2 aliphatic rings. The number of nitrogens with one attached hydrogen (secondary N) is 1. The van der Waals surface area contributed by atoms with Crippen molar-refractivity contribution in [2.45, 2.75) is 38.8 Å². The minimum absolute atomic E-state index is 0.0158. The van der Waals surface area contributed by atoms with Crippen molar-refractivity contribution in [3.63, 3.8) is 0 Å². The van der Waals surface area contributed by atoms with E-state index < -0.39 is 23.6 Å². The summed E-state index contributed by atoms with van der Waals surface area (Å²) in [6.07, 6.45) is 0.153. The van der Waals surface area contributed by atoms with Crippen molar-refractivity contribution in [2.75, 3.05) is 23.4 Å². The molecule has 2 amide bonds. The van der Waals surface area contributed by atoms with E-state index in [1.165, 1.54) is 6.92 Å². The van der Waals surface area contributed by atoms with Crippen LogP contribution in [0.5, 0.6) is 0 Å². The Hall–Kier alpha value is -2.58. The van der Waals surface area contributed by atoms with Crippen LogP contribution < -0.4 is 10.3 Å². The number of halogens is 3. The minimum atomic E-state index is -4.54. The van der Waals surface area contributed by atoms with Gasteiger partial charge in [0.2, 0.25) is 0 Å². The first-order chi connectivity index (χ1) is 12.3. The molecule has 140 valence electrons. The summed E-state index contributed by atoms with van der Waals surface area (Å²) in [5.74, 6) is -1.28. The van der Waals surface area contributed by atoms with Crippen LogP contribution in [-0.2, 0) is 15.8 Å². The van der Waals surface area contributed by atoms with Gasteiger partial charge in [-0.2, -0.15) is 18.2 Å². The van der Waals surface area contributed by atoms with Gasteiger partial charge in [-0.05, 0) is 31.9 Å². The highest BCUT2D eigenvalue weighted by atomic mass is 19.4. The first kappa shape index (κ1) is 18.2. The third-order valence-corrected chi connectivity index (χ3v) is 4.41. The highest BCUT2D eigenvalue weighted by Crippen LogP contribution is 2.37. The van der Waals surface area contributed by atoms with Crippen molar-refractivity contribution in [1.29, 1.82) is 0 Å². The van der Waals surface area contributed by atoms with Crippen LogP contribution >= 0.6 is 0 Å². The molecule has 1 aromatic heterocycles. The van der Waals surface area contributed by atoms with Gasteiger partial charge in [-0.3, -0.25) is 15.0 Å². The second-order valence-electron chi connectivity index (χ2n) is 6.38. The molecule has 0 spiro atoms. The van der Waals surface area contributed by atoms with Gasteiger partial charge in [-0.15, -0.1) is 0 Å². The number of aromatic nitrogens is 1. The van der Waals surface area contributed by atoms with Gasteiger partial charge < -0.3 is 4.90 Å². The average molecular weight is 368 g/mol. The standard InChI is InChI=1S/C17H19F3N4O2/c1-11-10-14(25)24(16(11)26)22-13-7-6-12(17(18,19)20)15(21-13)23-8-4-2-3-5-9-23/h6-7,10H,2-5,8-9H2,1H3,(H,21,22). The molecule has 0 saturated carbocycles. The molecule has 6 nitrogen and oxygen atoms in total. The summed E-state index contributed by atoms with van der Waals surface area (Å²) >= 11 is 0. The number of carbonyl (C=O) groups is 2. The molecule has 0 bridgehead atoms. The van der Waals surface area contributed by atoms with Crippen molar-refractivity contribution in [2.24, 2.45) is 0 Å². The SMILES string of the molecule is CC1=CC(=O)N(Nc2ccc(C(F)(F)F)c(N3CCCCCC3)n2)C1=O. The molecule has 0 aromatic carbocycles. The molecule has 3 heterocycles. The molecule has 0 radical (unpaired) electrons. The quantitative estimate of drug-likeness (QED) is 0.831. The number of rotatable bonds is 3. The Labute approximate surface area is 148 Å². The van der Waals surface area contributed by atoms with Crippen molar-refractivity contribution in [1.82, 2.24) is 9.99 Å². The van der Waals surface area contributed by atoms with Crippen molar-refractivity contribution < 1.29 is 22.8 Å². The largest absolute Gasteiger partial charge is 0.419 e. The number of hydrogen-bond donors (Lipinski definition) is 1. The number of pyridine rings is 1. The van der Waals surface area contributed by atoms with Crippen LogP contribution in [0.3, 0.4) is 0 Å². The summed E-state index contributed by atoms with van der Waals surface area (Å²) in [6, 6.07) is 2.05. The highest BCUT2D eigenvalue weighted by molar-refractivity contribution is 6.16. The molecule has 26 heavy (non-hydrogen) atoms. The van der Waals surface area contributed by atoms with Crippen molar-refractivity contribution in [3.05, 3.63) is 29.3 Å². The summed E-state index contributed by atoms with van der Waals surface area (Å²) < 4.78 is 40.2. The Kier molecular flexibility index (Phi) is 4.88. The van der Waals surface area contributed by atoms with Gasteiger partial charge in [-0.25, -0.2) is 4.98 Å². The van der Waals surface area contributed by atoms with Crippen LogP contribution in [0.1, 0.15) is 38.2 Å². The van der Waals surface area contributed by atoms with E-state index in [1.807, 2.05) is 0 Å². The van der Waals surface area contributed by atoms with Crippen LogP contribution in [0.25, 0.3) is 0 Å². The molecular formula is C17H19F3N4O2. The number of hydrazine groups is 1. The lowest BCUT2D eigenvalue weighted by Gasteiger charge is -2.26. The number of amides is 2. The minimum Gasteiger partial charge on any atom is -0.356 e. The molecule has 0 atom stereocenters. The fraction of sp³-hybridized carbons (Fsp3) is 0.471. The Balaban J connectivity index is 1.92. The fourth-order valence-corrected chi connectivity index (χ4v) is 3.06.